The highest BCUT2D eigenvalue weighted by Gasteiger charge is 2.22. The van der Waals surface area contributed by atoms with E-state index >= 15 is 0 Å². The Bertz CT molecular complexity index is 1150. The van der Waals surface area contributed by atoms with E-state index in [-0.39, 0.29) is 17.2 Å². The van der Waals surface area contributed by atoms with Crippen molar-refractivity contribution in [3.8, 4) is 0 Å². The van der Waals surface area contributed by atoms with Gasteiger partial charge in [0.25, 0.3) is 0 Å². The number of carbonyl (C=O) groups is 1. The topological polar surface area (TPSA) is 88.2 Å². The van der Waals surface area contributed by atoms with Crippen LogP contribution in [0.15, 0.2) is 47.4 Å². The van der Waals surface area contributed by atoms with Crippen molar-refractivity contribution in [2.45, 2.75) is 39.2 Å². The zero-order valence-corrected chi connectivity index (χ0v) is 17.3. The van der Waals surface area contributed by atoms with Crippen molar-refractivity contribution in [3.05, 3.63) is 69.6 Å². The first-order valence-electron chi connectivity index (χ1n) is 10.4. The normalized spacial score (nSPS) is 15.2. The molecule has 30 heavy (non-hydrogen) atoms. The maximum atomic E-state index is 12.9. The molecule has 0 saturated carbocycles. The number of hydrogen-bond acceptors (Lipinski definition) is 4. The molecule has 0 amide bonds. The number of carboxylic acid groups (broad SMARTS) is 1. The third kappa shape index (κ3) is 3.87. The molecule has 0 aliphatic carbocycles. The van der Waals surface area contributed by atoms with Gasteiger partial charge in [-0.1, -0.05) is 12.1 Å². The minimum atomic E-state index is -0.977. The number of piperidine rings is 1. The lowest BCUT2D eigenvalue weighted by atomic mass is 10.1. The van der Waals surface area contributed by atoms with Crippen LogP contribution in [-0.4, -0.2) is 28.6 Å². The number of carboxylic acids is 1. The van der Waals surface area contributed by atoms with Crippen LogP contribution in [0.2, 0.25) is 0 Å². The molecule has 1 atom stereocenters. The van der Waals surface area contributed by atoms with Gasteiger partial charge in [0.15, 0.2) is 0 Å². The van der Waals surface area contributed by atoms with Crippen molar-refractivity contribution in [1.82, 2.24) is 4.40 Å². The summed E-state index contributed by atoms with van der Waals surface area (Å²) in [6.07, 6.45) is 5.29. The smallest absolute Gasteiger partial charge is 0.337 e. The summed E-state index contributed by atoms with van der Waals surface area (Å²) in [5, 5.41) is 12.8. The van der Waals surface area contributed by atoms with E-state index < -0.39 is 5.97 Å². The first-order chi connectivity index (χ1) is 14.4. The molecular formula is C23H27N4O3+. The zero-order valence-electron chi connectivity index (χ0n) is 17.3. The van der Waals surface area contributed by atoms with Gasteiger partial charge >= 0.3 is 11.5 Å². The second kappa shape index (κ2) is 8.18. The summed E-state index contributed by atoms with van der Waals surface area (Å²) >= 11 is 0. The van der Waals surface area contributed by atoms with Crippen LogP contribution >= 0.6 is 0 Å². The summed E-state index contributed by atoms with van der Waals surface area (Å²) < 4.78 is 1.64. The molecular weight excluding hydrogens is 380 g/mol. The van der Waals surface area contributed by atoms with Crippen molar-refractivity contribution in [2.75, 3.05) is 23.3 Å². The standard InChI is InChI=1S/C23H26N4O3/c1-15-12-18(16(2)24-19-9-5-4-8-17(19)23(29)30)22-25-20(13-21(28)27(22)14-15)26-10-6-3-7-11-26/h4-5,8-9,12-14,16,24H,3,6-7,10-11H2,1-2H3,(H,29,30)/p+1/t16-/m1/s1. The quantitative estimate of drug-likeness (QED) is 0.678. The highest BCUT2D eigenvalue weighted by atomic mass is 16.4. The van der Waals surface area contributed by atoms with E-state index in [0.29, 0.717) is 5.69 Å². The molecule has 3 N–H and O–H groups in total. The van der Waals surface area contributed by atoms with Crippen LogP contribution in [0.5, 0.6) is 0 Å². The summed E-state index contributed by atoms with van der Waals surface area (Å²) in [7, 11) is 0. The fourth-order valence-corrected chi connectivity index (χ4v) is 4.15. The number of pyridine rings is 1. The molecule has 1 aromatic carbocycles. The van der Waals surface area contributed by atoms with E-state index in [9.17, 15) is 14.7 Å². The number of anilines is 2. The van der Waals surface area contributed by atoms with Gasteiger partial charge in [-0.3, -0.25) is 9.69 Å². The number of hydrogen-bond donors (Lipinski definition) is 2. The number of aromatic amines is 1. The molecule has 7 nitrogen and oxygen atoms in total. The summed E-state index contributed by atoms with van der Waals surface area (Å²) in [5.41, 5.74) is 3.28. The lowest BCUT2D eigenvalue weighted by Crippen LogP contribution is -2.37. The van der Waals surface area contributed by atoms with Crippen molar-refractivity contribution in [1.29, 1.82) is 0 Å². The van der Waals surface area contributed by atoms with E-state index in [1.165, 1.54) is 6.42 Å². The van der Waals surface area contributed by atoms with Gasteiger partial charge in [0, 0.05) is 11.3 Å². The van der Waals surface area contributed by atoms with E-state index in [2.05, 4.69) is 15.2 Å². The van der Waals surface area contributed by atoms with Crippen molar-refractivity contribution in [2.24, 2.45) is 0 Å². The van der Waals surface area contributed by atoms with E-state index in [4.69, 9.17) is 0 Å². The Morgan fingerprint density at radius 1 is 1.17 bits per heavy atom. The molecule has 2 aromatic heterocycles. The number of H-pyrrole nitrogens is 1. The molecule has 1 saturated heterocycles. The molecule has 3 aromatic rings. The van der Waals surface area contributed by atoms with Gasteiger partial charge in [0.1, 0.15) is 0 Å². The molecule has 1 aliphatic rings. The maximum absolute atomic E-state index is 12.9. The molecule has 3 heterocycles. The fraction of sp³-hybridized carbons (Fsp3) is 0.348. The van der Waals surface area contributed by atoms with E-state index in [1.54, 1.807) is 34.7 Å². The van der Waals surface area contributed by atoms with Gasteiger partial charge < -0.3 is 10.4 Å². The molecule has 0 bridgehead atoms. The number of rotatable bonds is 5. The fourth-order valence-electron chi connectivity index (χ4n) is 4.15. The Morgan fingerprint density at radius 3 is 2.63 bits per heavy atom. The molecule has 0 spiro atoms. The number of para-hydroxylation sites is 1. The lowest BCUT2D eigenvalue weighted by Gasteiger charge is -2.23. The lowest BCUT2D eigenvalue weighted by molar-refractivity contribution is -0.337. The van der Waals surface area contributed by atoms with Crippen LogP contribution < -0.4 is 20.8 Å². The number of benzene rings is 1. The second-order valence-electron chi connectivity index (χ2n) is 7.95. The first kappa shape index (κ1) is 19.9. The van der Waals surface area contributed by atoms with Crippen LogP contribution in [0, 0.1) is 6.92 Å². The number of aromatic carboxylic acids is 1. The first-order valence-corrected chi connectivity index (χ1v) is 10.4. The van der Waals surface area contributed by atoms with Gasteiger partial charge in [-0.15, -0.1) is 0 Å². The number of fused-ring (bicyclic) bond motifs is 1. The molecule has 7 heteroatoms. The third-order valence-electron chi connectivity index (χ3n) is 5.67. The molecule has 1 fully saturated rings. The second-order valence-corrected chi connectivity index (χ2v) is 7.95. The molecule has 1 aliphatic heterocycles. The third-order valence-corrected chi connectivity index (χ3v) is 5.67. The van der Waals surface area contributed by atoms with E-state index in [1.807, 2.05) is 26.1 Å². The number of aryl methyl sites for hydroxylation is 1. The number of aromatic nitrogens is 2. The van der Waals surface area contributed by atoms with Crippen LogP contribution in [0.3, 0.4) is 0 Å². The monoisotopic (exact) mass is 407 g/mol. The average molecular weight is 407 g/mol. The van der Waals surface area contributed by atoms with Gasteiger partial charge in [-0.05, 0) is 56.9 Å². The predicted molar refractivity (Wildman–Crippen MR) is 116 cm³/mol. The highest BCUT2D eigenvalue weighted by molar-refractivity contribution is 5.94. The predicted octanol–water partition coefficient (Wildman–Crippen LogP) is 3.28. The molecule has 4 rings (SSSR count). The number of nitrogens with zero attached hydrogens (tertiary/aromatic N) is 2. The van der Waals surface area contributed by atoms with Gasteiger partial charge in [0.05, 0.1) is 37.0 Å². The Labute approximate surface area is 175 Å². The van der Waals surface area contributed by atoms with Crippen molar-refractivity contribution >= 4 is 23.1 Å². The Balaban J connectivity index is 1.78. The summed E-state index contributed by atoms with van der Waals surface area (Å²) in [4.78, 5) is 30.2. The molecule has 0 radical (unpaired) electrons. The Kier molecular flexibility index (Phi) is 5.44. The molecule has 156 valence electrons. The van der Waals surface area contributed by atoms with Crippen molar-refractivity contribution < 1.29 is 14.9 Å². The number of nitrogens with one attached hydrogen (secondary N) is 2. The van der Waals surface area contributed by atoms with E-state index in [0.717, 1.165) is 48.5 Å². The van der Waals surface area contributed by atoms with Crippen LogP contribution in [-0.2, 0) is 0 Å². The van der Waals surface area contributed by atoms with Gasteiger partial charge in [0.2, 0.25) is 11.5 Å². The summed E-state index contributed by atoms with van der Waals surface area (Å²) in [6.45, 7) is 5.80. The SMILES string of the molecule is Cc1cc([C@@H](C)Nc2ccccc2C(=O)O)c2[nH+]c(N3CCCCC3)cc(=O)n2c1. The highest BCUT2D eigenvalue weighted by Crippen LogP contribution is 2.25. The minimum Gasteiger partial charge on any atom is -0.478 e. The summed E-state index contributed by atoms with van der Waals surface area (Å²) in [6, 6.07) is 10.3. The average Bonchev–Trinajstić information content (AvgIpc) is 2.74. The Hall–Kier alpha value is -3.35. The van der Waals surface area contributed by atoms with Crippen LogP contribution in [0.4, 0.5) is 11.5 Å². The maximum Gasteiger partial charge on any atom is 0.337 e. The van der Waals surface area contributed by atoms with Gasteiger partial charge in [-0.25, -0.2) is 9.78 Å². The minimum absolute atomic E-state index is 0.0765. The van der Waals surface area contributed by atoms with Gasteiger partial charge in [-0.2, -0.15) is 4.40 Å². The van der Waals surface area contributed by atoms with Crippen LogP contribution in [0.1, 0.15) is 53.7 Å². The summed E-state index contributed by atoms with van der Waals surface area (Å²) in [5.74, 6) is -0.141. The van der Waals surface area contributed by atoms with Crippen LogP contribution in [0.25, 0.3) is 5.65 Å². The largest absolute Gasteiger partial charge is 0.478 e. The van der Waals surface area contributed by atoms with Crippen molar-refractivity contribution in [3.63, 3.8) is 0 Å². The zero-order chi connectivity index (χ0) is 21.3. The Morgan fingerprint density at radius 2 is 1.90 bits per heavy atom. The molecule has 0 unspecified atom stereocenters.